The van der Waals surface area contributed by atoms with Crippen LogP contribution in [-0.4, -0.2) is 30.1 Å². The lowest BCUT2D eigenvalue weighted by Crippen LogP contribution is -2.21. The van der Waals surface area contributed by atoms with Crippen molar-refractivity contribution in [1.82, 2.24) is 0 Å². The average Bonchev–Trinajstić information content (AvgIpc) is 3.02. The molecule has 0 aliphatic heterocycles. The molecule has 2 aromatic carbocycles. The van der Waals surface area contributed by atoms with Gasteiger partial charge in [-0.2, -0.15) is 0 Å². The number of hydrogen-bond donors (Lipinski definition) is 2. The molecule has 1 heterocycles. The molecule has 0 bridgehead atoms. The first kappa shape index (κ1) is 19.5. The molecule has 0 saturated carbocycles. The number of thioether (sulfide) groups is 1. The predicted molar refractivity (Wildman–Crippen MR) is 106 cm³/mol. The van der Waals surface area contributed by atoms with Crippen LogP contribution in [0, 0.1) is 6.92 Å². The van der Waals surface area contributed by atoms with Crippen LogP contribution >= 0.6 is 11.8 Å². The number of esters is 1. The van der Waals surface area contributed by atoms with Crippen LogP contribution in [0.4, 0.5) is 5.69 Å². The smallest absolute Gasteiger partial charge is 0.375 e. The van der Waals surface area contributed by atoms with Crippen molar-refractivity contribution in [2.75, 3.05) is 17.7 Å². The summed E-state index contributed by atoms with van der Waals surface area (Å²) in [5, 5.41) is 3.48. The Morgan fingerprint density at radius 1 is 1.11 bits per heavy atom. The zero-order valence-electron chi connectivity index (χ0n) is 15.1. The van der Waals surface area contributed by atoms with E-state index in [9.17, 15) is 14.4 Å². The standard InChI is InChI=1S/C20H18N2O5S/c1-12-13-6-2-4-8-15(13)27-19(12)20(25)26-10-18(24)22-14-7-3-5-9-16(14)28-11-17(21)23/h2-9H,10-11H2,1H3,(H2,21,23)(H,22,24). The lowest BCUT2D eigenvalue weighted by atomic mass is 10.1. The van der Waals surface area contributed by atoms with Gasteiger partial charge in [0.2, 0.25) is 11.7 Å². The van der Waals surface area contributed by atoms with Crippen molar-refractivity contribution < 1.29 is 23.5 Å². The van der Waals surface area contributed by atoms with E-state index in [1.54, 1.807) is 37.3 Å². The molecule has 0 radical (unpaired) electrons. The molecule has 8 heteroatoms. The number of carbonyl (C=O) groups excluding carboxylic acids is 3. The average molecular weight is 398 g/mol. The van der Waals surface area contributed by atoms with Crippen LogP contribution in [0.5, 0.6) is 0 Å². The van der Waals surface area contributed by atoms with Crippen LogP contribution in [0.3, 0.4) is 0 Å². The van der Waals surface area contributed by atoms with Crippen LogP contribution in [0.15, 0.2) is 57.8 Å². The SMILES string of the molecule is Cc1c(C(=O)OCC(=O)Nc2ccccc2SCC(N)=O)oc2ccccc12. The van der Waals surface area contributed by atoms with Gasteiger partial charge >= 0.3 is 5.97 Å². The second-order valence-electron chi connectivity index (χ2n) is 5.93. The molecule has 2 amide bonds. The van der Waals surface area contributed by atoms with Crippen LogP contribution in [-0.2, 0) is 14.3 Å². The third-order valence-corrected chi connectivity index (χ3v) is 4.99. The summed E-state index contributed by atoms with van der Waals surface area (Å²) in [5.41, 5.74) is 6.91. The van der Waals surface area contributed by atoms with Gasteiger partial charge < -0.3 is 20.2 Å². The number of para-hydroxylation sites is 2. The van der Waals surface area contributed by atoms with Crippen molar-refractivity contribution in [2.24, 2.45) is 5.73 Å². The van der Waals surface area contributed by atoms with Crippen molar-refractivity contribution in [3.8, 4) is 0 Å². The van der Waals surface area contributed by atoms with E-state index in [1.807, 2.05) is 18.2 Å². The summed E-state index contributed by atoms with van der Waals surface area (Å²) in [5.74, 6) is -1.50. The number of amides is 2. The summed E-state index contributed by atoms with van der Waals surface area (Å²) in [6.45, 7) is 1.29. The molecule has 7 nitrogen and oxygen atoms in total. The van der Waals surface area contributed by atoms with Gasteiger partial charge in [0.05, 0.1) is 11.4 Å². The maximum Gasteiger partial charge on any atom is 0.375 e. The molecule has 3 aromatic rings. The Balaban J connectivity index is 1.62. The largest absolute Gasteiger partial charge is 0.450 e. The summed E-state index contributed by atoms with van der Waals surface area (Å²) in [7, 11) is 0. The number of fused-ring (bicyclic) bond motifs is 1. The van der Waals surface area contributed by atoms with Crippen molar-refractivity contribution >= 4 is 46.2 Å². The van der Waals surface area contributed by atoms with E-state index in [0.717, 1.165) is 5.39 Å². The zero-order valence-corrected chi connectivity index (χ0v) is 15.9. The normalized spacial score (nSPS) is 10.6. The first-order valence-corrected chi connectivity index (χ1v) is 9.39. The van der Waals surface area contributed by atoms with E-state index in [2.05, 4.69) is 5.32 Å². The third-order valence-electron chi connectivity index (χ3n) is 3.89. The summed E-state index contributed by atoms with van der Waals surface area (Å²) in [6.07, 6.45) is 0. The fourth-order valence-corrected chi connectivity index (χ4v) is 3.34. The molecule has 0 atom stereocenters. The zero-order chi connectivity index (χ0) is 20.1. The Morgan fingerprint density at radius 3 is 2.57 bits per heavy atom. The molecule has 3 N–H and O–H groups in total. The van der Waals surface area contributed by atoms with Gasteiger partial charge in [0.25, 0.3) is 5.91 Å². The lowest BCUT2D eigenvalue weighted by Gasteiger charge is -2.10. The van der Waals surface area contributed by atoms with Gasteiger partial charge in [0, 0.05) is 15.8 Å². The highest BCUT2D eigenvalue weighted by Gasteiger charge is 2.20. The Kier molecular flexibility index (Phi) is 6.00. The van der Waals surface area contributed by atoms with E-state index in [4.69, 9.17) is 14.9 Å². The fraction of sp³-hybridized carbons (Fsp3) is 0.150. The molecule has 0 unspecified atom stereocenters. The number of nitrogens with one attached hydrogen (secondary N) is 1. The minimum Gasteiger partial charge on any atom is -0.450 e. The highest BCUT2D eigenvalue weighted by molar-refractivity contribution is 8.00. The lowest BCUT2D eigenvalue weighted by molar-refractivity contribution is -0.119. The van der Waals surface area contributed by atoms with E-state index < -0.39 is 24.4 Å². The number of primary amides is 1. The highest BCUT2D eigenvalue weighted by Crippen LogP contribution is 2.27. The number of nitrogens with two attached hydrogens (primary N) is 1. The molecular formula is C20H18N2O5S. The van der Waals surface area contributed by atoms with Gasteiger partial charge in [-0.25, -0.2) is 4.79 Å². The van der Waals surface area contributed by atoms with Crippen molar-refractivity contribution in [3.05, 3.63) is 59.9 Å². The van der Waals surface area contributed by atoms with Gasteiger partial charge in [-0.15, -0.1) is 11.8 Å². The monoisotopic (exact) mass is 398 g/mol. The van der Waals surface area contributed by atoms with Gasteiger partial charge in [-0.1, -0.05) is 30.3 Å². The van der Waals surface area contributed by atoms with Crippen LogP contribution in [0.25, 0.3) is 11.0 Å². The molecule has 1 aromatic heterocycles. The number of ether oxygens (including phenoxy) is 1. The Hall–Kier alpha value is -3.26. The Morgan fingerprint density at radius 2 is 1.82 bits per heavy atom. The second-order valence-corrected chi connectivity index (χ2v) is 6.94. The maximum absolute atomic E-state index is 12.3. The number of benzene rings is 2. The number of carbonyl (C=O) groups is 3. The van der Waals surface area contributed by atoms with Crippen molar-refractivity contribution in [2.45, 2.75) is 11.8 Å². The van der Waals surface area contributed by atoms with E-state index in [1.165, 1.54) is 11.8 Å². The summed E-state index contributed by atoms with van der Waals surface area (Å²) in [4.78, 5) is 36.1. The highest BCUT2D eigenvalue weighted by atomic mass is 32.2. The molecule has 0 spiro atoms. The summed E-state index contributed by atoms with van der Waals surface area (Å²) >= 11 is 1.21. The van der Waals surface area contributed by atoms with Crippen LogP contribution < -0.4 is 11.1 Å². The first-order chi connectivity index (χ1) is 13.5. The van der Waals surface area contributed by atoms with E-state index in [-0.39, 0.29) is 11.5 Å². The maximum atomic E-state index is 12.3. The predicted octanol–water partition coefficient (Wildman–Crippen LogP) is 3.11. The van der Waals surface area contributed by atoms with E-state index >= 15 is 0 Å². The third kappa shape index (κ3) is 4.52. The first-order valence-electron chi connectivity index (χ1n) is 8.41. The number of furan rings is 1. The topological polar surface area (TPSA) is 112 Å². The molecule has 0 fully saturated rings. The minimum atomic E-state index is -0.708. The molecule has 144 valence electrons. The molecule has 0 aliphatic carbocycles. The number of hydrogen-bond acceptors (Lipinski definition) is 6. The van der Waals surface area contributed by atoms with Gasteiger partial charge in [-0.3, -0.25) is 9.59 Å². The summed E-state index contributed by atoms with van der Waals surface area (Å²) in [6, 6.07) is 14.2. The number of aryl methyl sites for hydroxylation is 1. The van der Waals surface area contributed by atoms with Gasteiger partial charge in [0.1, 0.15) is 5.58 Å². The fourth-order valence-electron chi connectivity index (χ4n) is 2.60. The molecule has 3 rings (SSSR count). The molecule has 0 saturated heterocycles. The van der Waals surface area contributed by atoms with Crippen LogP contribution in [0.1, 0.15) is 16.1 Å². The summed E-state index contributed by atoms with van der Waals surface area (Å²) < 4.78 is 10.6. The van der Waals surface area contributed by atoms with Gasteiger partial charge in [-0.05, 0) is 25.1 Å². The Labute approximate surface area is 165 Å². The molecule has 28 heavy (non-hydrogen) atoms. The quantitative estimate of drug-likeness (QED) is 0.467. The second kappa shape index (κ2) is 8.62. The Bertz CT molecular complexity index is 1040. The van der Waals surface area contributed by atoms with Crippen molar-refractivity contribution in [1.29, 1.82) is 0 Å². The number of anilines is 1. The molecule has 0 aliphatic rings. The minimum absolute atomic E-state index is 0.0754. The molecular weight excluding hydrogens is 380 g/mol. The van der Waals surface area contributed by atoms with Crippen LogP contribution in [0.2, 0.25) is 0 Å². The van der Waals surface area contributed by atoms with Crippen molar-refractivity contribution in [3.63, 3.8) is 0 Å². The number of rotatable bonds is 7. The van der Waals surface area contributed by atoms with Gasteiger partial charge in [0.15, 0.2) is 6.61 Å². The van der Waals surface area contributed by atoms with E-state index in [0.29, 0.717) is 21.7 Å².